The van der Waals surface area contributed by atoms with Gasteiger partial charge in [0.05, 0.1) is 0 Å². The van der Waals surface area contributed by atoms with Crippen LogP contribution >= 0.6 is 0 Å². The molecular weight excluding hydrogens is 136 g/mol. The molecule has 0 aliphatic carbocycles. The van der Waals surface area contributed by atoms with Crippen LogP contribution in [0.1, 0.15) is 13.3 Å². The van der Waals surface area contributed by atoms with Crippen LogP contribution in [0.15, 0.2) is 0 Å². The predicted octanol–water partition coefficient (Wildman–Crippen LogP) is 0.890. The molecule has 1 atom stereocenters. The van der Waals surface area contributed by atoms with Gasteiger partial charge in [-0.05, 0) is 33.0 Å². The van der Waals surface area contributed by atoms with Crippen LogP contribution in [-0.2, 0) is 0 Å². The highest BCUT2D eigenvalue weighted by atomic mass is 15.2. The summed E-state index contributed by atoms with van der Waals surface area (Å²) in [6, 6.07) is 0. The molecule has 1 unspecified atom stereocenters. The first-order chi connectivity index (χ1) is 5.18. The van der Waals surface area contributed by atoms with Gasteiger partial charge in [-0.3, -0.25) is 0 Å². The molecule has 0 spiro atoms. The van der Waals surface area contributed by atoms with Crippen molar-refractivity contribution in [2.24, 2.45) is 5.92 Å². The Morgan fingerprint density at radius 1 is 1.45 bits per heavy atom. The molecule has 1 aliphatic heterocycles. The molecular formula is C9H20N2. The Labute approximate surface area is 70.2 Å². The average molecular weight is 156 g/mol. The zero-order valence-corrected chi connectivity index (χ0v) is 8.01. The van der Waals surface area contributed by atoms with Gasteiger partial charge in [-0.2, -0.15) is 0 Å². The van der Waals surface area contributed by atoms with E-state index >= 15 is 0 Å². The SMILES string of the molecule is CC1CCN(CCN(C)C)C1. The lowest BCUT2D eigenvalue weighted by Gasteiger charge is -2.17. The Balaban J connectivity index is 2.08. The molecule has 1 heterocycles. The average Bonchev–Trinajstić information content (AvgIpc) is 2.31. The van der Waals surface area contributed by atoms with E-state index < -0.39 is 0 Å². The van der Waals surface area contributed by atoms with Crippen LogP contribution in [0.25, 0.3) is 0 Å². The van der Waals surface area contributed by atoms with Gasteiger partial charge in [0.25, 0.3) is 0 Å². The summed E-state index contributed by atoms with van der Waals surface area (Å²) in [7, 11) is 4.28. The van der Waals surface area contributed by atoms with Crippen molar-refractivity contribution in [2.75, 3.05) is 40.3 Å². The summed E-state index contributed by atoms with van der Waals surface area (Å²) in [6.07, 6.45) is 1.40. The van der Waals surface area contributed by atoms with Crippen LogP contribution < -0.4 is 0 Å². The molecule has 2 nitrogen and oxygen atoms in total. The maximum Gasteiger partial charge on any atom is 0.0109 e. The van der Waals surface area contributed by atoms with Crippen LogP contribution in [0.5, 0.6) is 0 Å². The van der Waals surface area contributed by atoms with Gasteiger partial charge in [0.15, 0.2) is 0 Å². The lowest BCUT2D eigenvalue weighted by molar-refractivity contribution is 0.277. The fourth-order valence-corrected chi connectivity index (χ4v) is 1.57. The second-order valence-electron chi connectivity index (χ2n) is 4.00. The molecule has 2 heteroatoms. The molecule has 0 saturated carbocycles. The minimum Gasteiger partial charge on any atom is -0.308 e. The van der Waals surface area contributed by atoms with Crippen LogP contribution in [0.4, 0.5) is 0 Å². The van der Waals surface area contributed by atoms with E-state index in [1.807, 2.05) is 0 Å². The standard InChI is InChI=1S/C9H20N2/c1-9-4-5-11(8-9)7-6-10(2)3/h9H,4-8H2,1-3H3. The summed E-state index contributed by atoms with van der Waals surface area (Å²) in [5.74, 6) is 0.928. The van der Waals surface area contributed by atoms with Gasteiger partial charge in [-0.15, -0.1) is 0 Å². The van der Waals surface area contributed by atoms with Gasteiger partial charge in [-0.1, -0.05) is 6.92 Å². The number of hydrogen-bond donors (Lipinski definition) is 0. The Morgan fingerprint density at radius 3 is 2.64 bits per heavy atom. The van der Waals surface area contributed by atoms with Gasteiger partial charge in [0.1, 0.15) is 0 Å². The van der Waals surface area contributed by atoms with E-state index in [0.717, 1.165) is 5.92 Å². The molecule has 1 fully saturated rings. The lowest BCUT2D eigenvalue weighted by atomic mass is 10.2. The topological polar surface area (TPSA) is 6.48 Å². The van der Waals surface area contributed by atoms with E-state index in [4.69, 9.17) is 0 Å². The Morgan fingerprint density at radius 2 is 2.18 bits per heavy atom. The molecule has 0 radical (unpaired) electrons. The lowest BCUT2D eigenvalue weighted by Crippen LogP contribution is -2.29. The van der Waals surface area contributed by atoms with Crippen molar-refractivity contribution in [3.05, 3.63) is 0 Å². The molecule has 0 aromatic carbocycles. The van der Waals surface area contributed by atoms with Crippen molar-refractivity contribution in [1.82, 2.24) is 9.80 Å². The number of likely N-dealkylation sites (N-methyl/N-ethyl adjacent to an activating group) is 1. The number of likely N-dealkylation sites (tertiary alicyclic amines) is 1. The minimum absolute atomic E-state index is 0.928. The highest BCUT2D eigenvalue weighted by molar-refractivity contribution is 4.72. The largest absolute Gasteiger partial charge is 0.308 e. The van der Waals surface area contributed by atoms with Crippen molar-refractivity contribution in [1.29, 1.82) is 0 Å². The van der Waals surface area contributed by atoms with E-state index in [9.17, 15) is 0 Å². The van der Waals surface area contributed by atoms with Gasteiger partial charge >= 0.3 is 0 Å². The van der Waals surface area contributed by atoms with Gasteiger partial charge in [0, 0.05) is 19.6 Å². The molecule has 1 aliphatic rings. The maximum absolute atomic E-state index is 2.56. The summed E-state index contributed by atoms with van der Waals surface area (Å²) < 4.78 is 0. The van der Waals surface area contributed by atoms with E-state index in [1.165, 1.54) is 32.6 Å². The van der Waals surface area contributed by atoms with E-state index in [-0.39, 0.29) is 0 Å². The van der Waals surface area contributed by atoms with Crippen LogP contribution in [0.3, 0.4) is 0 Å². The first-order valence-electron chi connectivity index (χ1n) is 4.55. The van der Waals surface area contributed by atoms with Crippen LogP contribution in [0.2, 0.25) is 0 Å². The van der Waals surface area contributed by atoms with Gasteiger partial charge in [-0.25, -0.2) is 0 Å². The summed E-state index contributed by atoms with van der Waals surface area (Å²) in [5, 5.41) is 0. The Kier molecular flexibility index (Phi) is 3.34. The van der Waals surface area contributed by atoms with Crippen LogP contribution in [0, 0.1) is 5.92 Å². The normalized spacial score (nSPS) is 26.7. The third-order valence-corrected chi connectivity index (χ3v) is 2.37. The highest BCUT2D eigenvalue weighted by Gasteiger charge is 2.17. The summed E-state index contributed by atoms with van der Waals surface area (Å²) in [6.45, 7) is 7.42. The minimum atomic E-state index is 0.928. The zero-order valence-electron chi connectivity index (χ0n) is 8.01. The maximum atomic E-state index is 2.56. The molecule has 1 rings (SSSR count). The fourth-order valence-electron chi connectivity index (χ4n) is 1.57. The number of hydrogen-bond acceptors (Lipinski definition) is 2. The van der Waals surface area contributed by atoms with Crippen molar-refractivity contribution in [3.63, 3.8) is 0 Å². The molecule has 0 amide bonds. The van der Waals surface area contributed by atoms with Crippen molar-refractivity contribution >= 4 is 0 Å². The zero-order chi connectivity index (χ0) is 8.27. The fraction of sp³-hybridized carbons (Fsp3) is 1.00. The third kappa shape index (κ3) is 3.21. The molecule has 1 saturated heterocycles. The number of nitrogens with zero attached hydrogens (tertiary/aromatic N) is 2. The Hall–Kier alpha value is -0.0800. The van der Waals surface area contributed by atoms with E-state index in [2.05, 4.69) is 30.8 Å². The van der Waals surface area contributed by atoms with E-state index in [1.54, 1.807) is 0 Å². The monoisotopic (exact) mass is 156 g/mol. The smallest absolute Gasteiger partial charge is 0.0109 e. The third-order valence-electron chi connectivity index (χ3n) is 2.37. The quantitative estimate of drug-likeness (QED) is 0.599. The molecule has 66 valence electrons. The molecule has 0 aromatic heterocycles. The van der Waals surface area contributed by atoms with Gasteiger partial charge < -0.3 is 9.80 Å². The summed E-state index contributed by atoms with van der Waals surface area (Å²) in [5.41, 5.74) is 0. The number of rotatable bonds is 3. The van der Waals surface area contributed by atoms with Crippen molar-refractivity contribution < 1.29 is 0 Å². The van der Waals surface area contributed by atoms with Crippen molar-refractivity contribution in [3.8, 4) is 0 Å². The van der Waals surface area contributed by atoms with E-state index in [0.29, 0.717) is 0 Å². The summed E-state index contributed by atoms with van der Waals surface area (Å²) >= 11 is 0. The second kappa shape index (κ2) is 4.07. The molecule has 0 aromatic rings. The van der Waals surface area contributed by atoms with Gasteiger partial charge in [0.2, 0.25) is 0 Å². The molecule has 0 N–H and O–H groups in total. The molecule has 0 bridgehead atoms. The first-order valence-corrected chi connectivity index (χ1v) is 4.55. The second-order valence-corrected chi connectivity index (χ2v) is 4.00. The molecule has 11 heavy (non-hydrogen) atoms. The highest BCUT2D eigenvalue weighted by Crippen LogP contribution is 2.13. The first kappa shape index (κ1) is 9.01. The Bertz CT molecular complexity index is 112. The predicted molar refractivity (Wildman–Crippen MR) is 48.8 cm³/mol. The van der Waals surface area contributed by atoms with Crippen LogP contribution in [-0.4, -0.2) is 50.1 Å². The summed E-state index contributed by atoms with van der Waals surface area (Å²) in [4.78, 5) is 4.81. The van der Waals surface area contributed by atoms with Crippen molar-refractivity contribution in [2.45, 2.75) is 13.3 Å².